The van der Waals surface area contributed by atoms with Crippen LogP contribution >= 0.6 is 0 Å². The van der Waals surface area contributed by atoms with Gasteiger partial charge < -0.3 is 29.3 Å². The Bertz CT molecular complexity index is 1190. The molecule has 222 valence electrons. The third kappa shape index (κ3) is 6.59. The second kappa shape index (κ2) is 13.5. The van der Waals surface area contributed by atoms with E-state index in [4.69, 9.17) is 14.5 Å². The van der Waals surface area contributed by atoms with Crippen LogP contribution in [-0.2, 0) is 4.74 Å². The molecule has 2 aromatic rings. The normalized spacial score (nSPS) is 20.7. The second-order valence-corrected chi connectivity index (χ2v) is 11.2. The molecular formula is C31H43N5O5. The minimum Gasteiger partial charge on any atom is -0.496 e. The highest BCUT2D eigenvalue weighted by Gasteiger charge is 2.32. The van der Waals surface area contributed by atoms with E-state index in [-0.39, 0.29) is 18.6 Å². The number of aromatic nitrogens is 1. The molecule has 1 aromatic heterocycles. The molecular weight excluding hydrogens is 522 g/mol. The first kappa shape index (κ1) is 29.1. The van der Waals surface area contributed by atoms with Crippen molar-refractivity contribution in [2.24, 2.45) is 5.92 Å². The molecule has 3 fully saturated rings. The molecule has 3 saturated heterocycles. The van der Waals surface area contributed by atoms with Crippen LogP contribution in [0, 0.1) is 5.92 Å². The van der Waals surface area contributed by atoms with E-state index in [1.54, 1.807) is 18.9 Å². The Hall–Kier alpha value is -3.37. The molecule has 1 aromatic carbocycles. The Kier molecular flexibility index (Phi) is 9.61. The maximum absolute atomic E-state index is 13.9. The zero-order valence-corrected chi connectivity index (χ0v) is 24.3. The molecule has 3 aliphatic rings. The maximum Gasteiger partial charge on any atom is 0.409 e. The molecule has 2 amide bonds. The lowest BCUT2D eigenvalue weighted by atomic mass is 9.94. The van der Waals surface area contributed by atoms with E-state index in [1.165, 1.54) is 0 Å². The van der Waals surface area contributed by atoms with Crippen LogP contribution in [0.1, 0.15) is 43.0 Å². The topological polar surface area (TPSA) is 98.7 Å². The third-order valence-corrected chi connectivity index (χ3v) is 8.67. The number of ether oxygens (including phenoxy) is 2. The monoisotopic (exact) mass is 565 g/mol. The molecule has 1 N–H and O–H groups in total. The average molecular weight is 566 g/mol. The highest BCUT2D eigenvalue weighted by Crippen LogP contribution is 2.33. The number of amides is 2. The number of anilines is 1. The smallest absolute Gasteiger partial charge is 0.409 e. The van der Waals surface area contributed by atoms with Gasteiger partial charge in [0.2, 0.25) is 0 Å². The molecule has 0 aliphatic carbocycles. The predicted octanol–water partition coefficient (Wildman–Crippen LogP) is 3.34. The summed E-state index contributed by atoms with van der Waals surface area (Å²) in [5.74, 6) is 1.75. The number of hydrogen-bond donors (Lipinski definition) is 1. The van der Waals surface area contributed by atoms with Crippen LogP contribution in [0.5, 0.6) is 5.75 Å². The number of piperazine rings is 1. The number of carbonyl (C=O) groups is 2. The zero-order chi connectivity index (χ0) is 28.8. The summed E-state index contributed by atoms with van der Waals surface area (Å²) >= 11 is 0. The van der Waals surface area contributed by atoms with Crippen molar-refractivity contribution in [2.45, 2.75) is 38.6 Å². The van der Waals surface area contributed by atoms with Gasteiger partial charge in [0.1, 0.15) is 11.6 Å². The van der Waals surface area contributed by atoms with E-state index < -0.39 is 0 Å². The lowest BCUT2D eigenvalue weighted by molar-refractivity contribution is 0.0570. The molecule has 41 heavy (non-hydrogen) atoms. The molecule has 4 heterocycles. The number of nitrogens with zero attached hydrogens (tertiary/aromatic N) is 5. The van der Waals surface area contributed by atoms with E-state index in [0.29, 0.717) is 56.1 Å². The first-order valence-electron chi connectivity index (χ1n) is 15.0. The van der Waals surface area contributed by atoms with Crippen molar-refractivity contribution in [3.05, 3.63) is 42.0 Å². The Morgan fingerprint density at radius 1 is 0.951 bits per heavy atom. The van der Waals surface area contributed by atoms with Gasteiger partial charge in [-0.05, 0) is 69.3 Å². The highest BCUT2D eigenvalue weighted by atomic mass is 16.6. The summed E-state index contributed by atoms with van der Waals surface area (Å²) in [5.41, 5.74) is 2.24. The van der Waals surface area contributed by atoms with Gasteiger partial charge in [0.15, 0.2) is 0 Å². The largest absolute Gasteiger partial charge is 0.496 e. The fourth-order valence-electron chi connectivity index (χ4n) is 6.36. The summed E-state index contributed by atoms with van der Waals surface area (Å²) in [6, 6.07) is 12.1. The summed E-state index contributed by atoms with van der Waals surface area (Å²) in [5, 5.41) is 9.70. The number of aliphatic hydroxyl groups excluding tert-OH is 1. The summed E-state index contributed by atoms with van der Waals surface area (Å²) in [4.78, 5) is 39.4. The number of benzene rings is 1. The molecule has 0 saturated carbocycles. The van der Waals surface area contributed by atoms with Crippen LogP contribution in [0.2, 0.25) is 0 Å². The summed E-state index contributed by atoms with van der Waals surface area (Å²) in [6.07, 6.45) is 3.89. The molecule has 0 spiro atoms. The van der Waals surface area contributed by atoms with Gasteiger partial charge in [0.25, 0.3) is 5.91 Å². The number of likely N-dealkylation sites (tertiary alicyclic amines) is 1. The maximum atomic E-state index is 13.9. The van der Waals surface area contributed by atoms with Crippen LogP contribution in [0.4, 0.5) is 10.6 Å². The quantitative estimate of drug-likeness (QED) is 0.546. The van der Waals surface area contributed by atoms with Gasteiger partial charge in [-0.25, -0.2) is 9.78 Å². The first-order chi connectivity index (χ1) is 20.0. The minimum absolute atomic E-state index is 0.0634. The molecule has 0 radical (unpaired) electrons. The molecule has 3 aliphatic heterocycles. The molecule has 10 heteroatoms. The number of aliphatic hydroxyl groups is 1. The van der Waals surface area contributed by atoms with Gasteiger partial charge in [0.05, 0.1) is 25.0 Å². The van der Waals surface area contributed by atoms with E-state index >= 15 is 0 Å². The highest BCUT2D eigenvalue weighted by molar-refractivity contribution is 5.99. The number of rotatable bonds is 7. The molecule has 0 bridgehead atoms. The van der Waals surface area contributed by atoms with Gasteiger partial charge in [-0.15, -0.1) is 0 Å². The van der Waals surface area contributed by atoms with Crippen LogP contribution in [0.3, 0.4) is 0 Å². The number of para-hydroxylation sites is 1. The minimum atomic E-state index is -0.329. The number of methoxy groups -OCH3 is 1. The lowest BCUT2D eigenvalue weighted by Crippen LogP contribution is -2.51. The van der Waals surface area contributed by atoms with E-state index in [2.05, 4.69) is 9.80 Å². The van der Waals surface area contributed by atoms with E-state index in [9.17, 15) is 14.7 Å². The van der Waals surface area contributed by atoms with Gasteiger partial charge in [0, 0.05) is 64.0 Å². The molecule has 0 unspecified atom stereocenters. The first-order valence-corrected chi connectivity index (χ1v) is 15.0. The second-order valence-electron chi connectivity index (χ2n) is 11.2. The van der Waals surface area contributed by atoms with Crippen molar-refractivity contribution in [2.75, 3.05) is 77.6 Å². The number of carbonyl (C=O) groups excluding carboxylic acids is 2. The Balaban J connectivity index is 1.37. The predicted molar refractivity (Wildman–Crippen MR) is 157 cm³/mol. The van der Waals surface area contributed by atoms with Gasteiger partial charge in [-0.1, -0.05) is 12.1 Å². The van der Waals surface area contributed by atoms with E-state index in [1.807, 2.05) is 41.3 Å². The summed E-state index contributed by atoms with van der Waals surface area (Å²) in [7, 11) is 1.65. The number of hydrogen-bond acceptors (Lipinski definition) is 8. The van der Waals surface area contributed by atoms with Crippen molar-refractivity contribution in [3.8, 4) is 17.0 Å². The zero-order valence-electron chi connectivity index (χ0n) is 24.3. The Labute approximate surface area is 242 Å². The Morgan fingerprint density at radius 2 is 1.68 bits per heavy atom. The average Bonchev–Trinajstić information content (AvgIpc) is 3.04. The lowest BCUT2D eigenvalue weighted by Gasteiger charge is -2.42. The third-order valence-electron chi connectivity index (χ3n) is 8.67. The standard InChI is InChI=1S/C31H43N5O5/c1-3-41-31(39)35-19-17-34(18-20-35)30(38)26-10-11-27(25-8-4-5-9-28(25)40-2)32-29(26)33-15-12-24(13-16-33)36-14-6-7-23(21-36)22-37/h4-5,8-11,23-24,37H,3,6-7,12-22H2,1-2H3/t23-/m1/s1. The SMILES string of the molecule is CCOC(=O)N1CCN(C(=O)c2ccc(-c3ccccc3OC)nc2N2CCC(N3CCC[C@@H](CO)C3)CC2)CC1. The number of pyridine rings is 1. The van der Waals surface area contributed by atoms with Crippen molar-refractivity contribution in [1.82, 2.24) is 19.7 Å². The van der Waals surface area contributed by atoms with Crippen LogP contribution in [-0.4, -0.2) is 116 Å². The Morgan fingerprint density at radius 3 is 2.39 bits per heavy atom. The van der Waals surface area contributed by atoms with Crippen LogP contribution < -0.4 is 9.64 Å². The number of piperidine rings is 2. The van der Waals surface area contributed by atoms with Gasteiger partial charge >= 0.3 is 6.09 Å². The molecule has 10 nitrogen and oxygen atoms in total. The molecule has 1 atom stereocenters. The van der Waals surface area contributed by atoms with Gasteiger partial charge in [-0.2, -0.15) is 0 Å². The van der Waals surface area contributed by atoms with E-state index in [0.717, 1.165) is 68.9 Å². The molecule has 5 rings (SSSR count). The van der Waals surface area contributed by atoms with Crippen LogP contribution in [0.15, 0.2) is 36.4 Å². The summed E-state index contributed by atoms with van der Waals surface area (Å²) in [6.45, 7) is 7.86. The van der Waals surface area contributed by atoms with Gasteiger partial charge in [-0.3, -0.25) is 9.69 Å². The fourth-order valence-corrected chi connectivity index (χ4v) is 6.36. The van der Waals surface area contributed by atoms with Crippen molar-refractivity contribution in [1.29, 1.82) is 0 Å². The fraction of sp³-hybridized carbons (Fsp3) is 0.581. The van der Waals surface area contributed by atoms with Crippen molar-refractivity contribution in [3.63, 3.8) is 0 Å². The van der Waals surface area contributed by atoms with Crippen LogP contribution in [0.25, 0.3) is 11.3 Å². The van der Waals surface area contributed by atoms with Crippen molar-refractivity contribution >= 4 is 17.8 Å². The summed E-state index contributed by atoms with van der Waals surface area (Å²) < 4.78 is 10.7. The van der Waals surface area contributed by atoms with Crippen molar-refractivity contribution < 1.29 is 24.2 Å².